The van der Waals surface area contributed by atoms with Gasteiger partial charge in [-0.2, -0.15) is 0 Å². The molecule has 0 aromatic heterocycles. The first kappa shape index (κ1) is 22.8. The minimum Gasteiger partial charge on any atom is -0.454 e. The van der Waals surface area contributed by atoms with Gasteiger partial charge < -0.3 is 9.47 Å². The molecule has 4 nitrogen and oxygen atoms in total. The summed E-state index contributed by atoms with van der Waals surface area (Å²) >= 11 is 15.5. The summed E-state index contributed by atoms with van der Waals surface area (Å²) in [7, 11) is 0. The smallest absolute Gasteiger partial charge is 0.404 e. The Morgan fingerprint density at radius 2 is 1.78 bits per heavy atom. The molecule has 1 saturated carbocycles. The lowest BCUT2D eigenvalue weighted by Gasteiger charge is -2.36. The van der Waals surface area contributed by atoms with Gasteiger partial charge in [-0.05, 0) is 43.4 Å². The maximum Gasteiger partial charge on any atom is 0.404 e. The molecular formula is C16H27Cl3O4. The van der Waals surface area contributed by atoms with Crippen molar-refractivity contribution in [2.24, 2.45) is 17.8 Å². The molecule has 0 bridgehead atoms. The summed E-state index contributed by atoms with van der Waals surface area (Å²) in [6, 6.07) is 0. The maximum absolute atomic E-state index is 10.7. The van der Waals surface area contributed by atoms with E-state index in [0.717, 1.165) is 25.7 Å². The zero-order valence-electron chi connectivity index (χ0n) is 14.0. The van der Waals surface area contributed by atoms with E-state index in [1.165, 1.54) is 6.42 Å². The molecule has 0 amide bonds. The van der Waals surface area contributed by atoms with Crippen LogP contribution in [0.3, 0.4) is 0 Å². The minimum absolute atomic E-state index is 0.0312. The number of alkyl halides is 1. The van der Waals surface area contributed by atoms with E-state index in [0.29, 0.717) is 30.2 Å². The summed E-state index contributed by atoms with van der Waals surface area (Å²) < 4.78 is 9.57. The lowest BCUT2D eigenvalue weighted by atomic mass is 9.75. The van der Waals surface area contributed by atoms with Crippen molar-refractivity contribution in [2.75, 3.05) is 12.5 Å². The fourth-order valence-electron chi connectivity index (χ4n) is 2.72. The van der Waals surface area contributed by atoms with Crippen molar-refractivity contribution in [3.63, 3.8) is 0 Å². The van der Waals surface area contributed by atoms with Crippen LogP contribution in [0.25, 0.3) is 0 Å². The second-order valence-electron chi connectivity index (χ2n) is 6.20. The number of rotatable bonds is 6. The van der Waals surface area contributed by atoms with Crippen molar-refractivity contribution in [1.82, 2.24) is 0 Å². The molecule has 0 saturated heterocycles. The topological polar surface area (TPSA) is 52.6 Å². The third kappa shape index (κ3) is 11.9. The lowest BCUT2D eigenvalue weighted by Crippen LogP contribution is -2.34. The standard InChI is InChI=1S/C11H19ClO2.C5H8Cl2O2/c1-7(2)9-5-4-8(3)6-10(9)14-11(12)13;6-3-1-2-4-9-5(7)8/h7-10H,4-6H2,1-3H3;1-4H2. The normalized spacial score (nSPS) is 23.7. The number of carbonyl (C=O) groups is 2. The summed E-state index contributed by atoms with van der Waals surface area (Å²) in [6.45, 7) is 6.92. The van der Waals surface area contributed by atoms with E-state index in [4.69, 9.17) is 39.5 Å². The molecule has 0 heterocycles. The third-order valence-corrected chi connectivity index (χ3v) is 4.41. The van der Waals surface area contributed by atoms with Crippen LogP contribution in [0.1, 0.15) is 52.9 Å². The summed E-state index contributed by atoms with van der Waals surface area (Å²) in [5, 5.41) is 0. The fourth-order valence-corrected chi connectivity index (χ4v) is 3.10. The number of carbonyl (C=O) groups excluding carboxylic acids is 2. The van der Waals surface area contributed by atoms with E-state index < -0.39 is 10.9 Å². The quantitative estimate of drug-likeness (QED) is 0.308. The molecule has 1 aliphatic rings. The molecule has 1 rings (SSSR count). The average Bonchev–Trinajstić information content (AvgIpc) is 2.43. The van der Waals surface area contributed by atoms with Crippen molar-refractivity contribution in [3.05, 3.63) is 0 Å². The van der Waals surface area contributed by atoms with Crippen LogP contribution in [0.4, 0.5) is 9.59 Å². The Hall–Kier alpha value is -0.190. The van der Waals surface area contributed by atoms with Crippen molar-refractivity contribution < 1.29 is 19.1 Å². The second-order valence-corrected chi connectivity index (χ2v) is 7.20. The Bertz CT molecular complexity index is 350. The van der Waals surface area contributed by atoms with Gasteiger partial charge in [0, 0.05) is 29.1 Å². The summed E-state index contributed by atoms with van der Waals surface area (Å²) in [4.78, 5) is 20.6. The zero-order chi connectivity index (χ0) is 17.8. The number of hydrogen-bond donors (Lipinski definition) is 0. The third-order valence-electron chi connectivity index (χ3n) is 3.95. The van der Waals surface area contributed by atoms with Gasteiger partial charge in [-0.25, -0.2) is 9.59 Å². The van der Waals surface area contributed by atoms with E-state index in [9.17, 15) is 9.59 Å². The highest BCUT2D eigenvalue weighted by molar-refractivity contribution is 6.61. The van der Waals surface area contributed by atoms with Crippen LogP contribution in [-0.2, 0) is 9.47 Å². The monoisotopic (exact) mass is 388 g/mol. The van der Waals surface area contributed by atoms with Crippen molar-refractivity contribution in [1.29, 1.82) is 0 Å². The fraction of sp³-hybridized carbons (Fsp3) is 0.875. The molecule has 0 aliphatic heterocycles. The van der Waals surface area contributed by atoms with E-state index in [1.807, 2.05) is 0 Å². The van der Waals surface area contributed by atoms with Gasteiger partial charge in [-0.1, -0.05) is 27.2 Å². The van der Waals surface area contributed by atoms with Gasteiger partial charge in [0.1, 0.15) is 6.10 Å². The molecule has 3 atom stereocenters. The van der Waals surface area contributed by atoms with E-state index in [2.05, 4.69) is 25.5 Å². The summed E-state index contributed by atoms with van der Waals surface area (Å²) in [5.74, 6) is 2.28. The van der Waals surface area contributed by atoms with Crippen LogP contribution in [0, 0.1) is 17.8 Å². The molecule has 7 heteroatoms. The Kier molecular flexibility index (Phi) is 13.0. The first-order valence-corrected chi connectivity index (χ1v) is 9.31. The Morgan fingerprint density at radius 3 is 2.26 bits per heavy atom. The first-order chi connectivity index (χ1) is 10.8. The molecule has 3 unspecified atom stereocenters. The number of ether oxygens (including phenoxy) is 2. The van der Waals surface area contributed by atoms with E-state index in [1.54, 1.807) is 0 Å². The number of halogens is 3. The molecule has 136 valence electrons. The van der Waals surface area contributed by atoms with Gasteiger partial charge in [-0.3, -0.25) is 0 Å². The Balaban J connectivity index is 0.000000468. The molecule has 0 aromatic carbocycles. The Labute approximate surface area is 154 Å². The van der Waals surface area contributed by atoms with Crippen LogP contribution in [-0.4, -0.2) is 29.4 Å². The predicted octanol–water partition coefficient (Wildman–Crippen LogP) is 6.20. The molecule has 1 fully saturated rings. The molecule has 0 aromatic rings. The van der Waals surface area contributed by atoms with Crippen LogP contribution in [0.2, 0.25) is 0 Å². The molecule has 1 aliphatic carbocycles. The van der Waals surface area contributed by atoms with Gasteiger partial charge in [0.05, 0.1) is 6.61 Å². The average molecular weight is 390 g/mol. The first-order valence-electron chi connectivity index (χ1n) is 8.02. The number of hydrogen-bond acceptors (Lipinski definition) is 4. The van der Waals surface area contributed by atoms with Gasteiger partial charge in [-0.15, -0.1) is 11.6 Å². The van der Waals surface area contributed by atoms with Gasteiger partial charge in [0.2, 0.25) is 0 Å². The van der Waals surface area contributed by atoms with Gasteiger partial charge in [0.15, 0.2) is 0 Å². The summed E-state index contributed by atoms with van der Waals surface area (Å²) in [5.41, 5.74) is -1.40. The van der Waals surface area contributed by atoms with Crippen molar-refractivity contribution in [3.8, 4) is 0 Å². The second kappa shape index (κ2) is 13.1. The molecule has 23 heavy (non-hydrogen) atoms. The maximum atomic E-state index is 10.7. The number of unbranched alkanes of at least 4 members (excludes halogenated alkanes) is 1. The predicted molar refractivity (Wildman–Crippen MR) is 94.6 cm³/mol. The van der Waals surface area contributed by atoms with Crippen molar-refractivity contribution >= 4 is 45.7 Å². The highest BCUT2D eigenvalue weighted by Gasteiger charge is 2.32. The van der Waals surface area contributed by atoms with Crippen molar-refractivity contribution in [2.45, 2.75) is 59.0 Å². The van der Waals surface area contributed by atoms with E-state index >= 15 is 0 Å². The van der Waals surface area contributed by atoms with Crippen LogP contribution < -0.4 is 0 Å². The van der Waals surface area contributed by atoms with E-state index in [-0.39, 0.29) is 6.10 Å². The lowest BCUT2D eigenvalue weighted by molar-refractivity contribution is 0.0178. The van der Waals surface area contributed by atoms with Gasteiger partial charge >= 0.3 is 10.9 Å². The molecule has 0 N–H and O–H groups in total. The summed E-state index contributed by atoms with van der Waals surface area (Å²) in [6.07, 6.45) is 5.01. The molecule has 0 radical (unpaired) electrons. The SMILES string of the molecule is CC1CCC(C(C)C)C(OC(=O)Cl)C1.O=C(Cl)OCCCCCl. The van der Waals surface area contributed by atoms with Gasteiger partial charge in [0.25, 0.3) is 0 Å². The largest absolute Gasteiger partial charge is 0.454 e. The Morgan fingerprint density at radius 1 is 1.13 bits per heavy atom. The van der Waals surface area contributed by atoms with Crippen LogP contribution in [0.5, 0.6) is 0 Å². The molecular weight excluding hydrogens is 363 g/mol. The highest BCUT2D eigenvalue weighted by Crippen LogP contribution is 2.35. The molecule has 0 spiro atoms. The minimum atomic E-state index is -0.746. The van der Waals surface area contributed by atoms with Crippen LogP contribution >= 0.6 is 34.8 Å². The zero-order valence-corrected chi connectivity index (χ0v) is 16.3. The van der Waals surface area contributed by atoms with Crippen LogP contribution in [0.15, 0.2) is 0 Å². The highest BCUT2D eigenvalue weighted by atomic mass is 35.5.